The molecule has 1 amide bonds. The number of rotatable bonds is 3. The van der Waals surface area contributed by atoms with Gasteiger partial charge in [0.1, 0.15) is 23.0 Å². The third kappa shape index (κ3) is 3.05. The van der Waals surface area contributed by atoms with Crippen LogP contribution in [0.15, 0.2) is 70.0 Å². The largest absolute Gasteiger partial charge is 0.497 e. The molecular weight excluding hydrogens is 423 g/mol. The third-order valence-corrected chi connectivity index (χ3v) is 5.45. The van der Waals surface area contributed by atoms with Crippen LogP contribution in [0.25, 0.3) is 11.0 Å². The number of pyridine rings is 1. The molecule has 0 saturated heterocycles. The Morgan fingerprint density at radius 3 is 2.55 bits per heavy atom. The van der Waals surface area contributed by atoms with Crippen LogP contribution in [0.4, 0.5) is 10.2 Å². The second kappa shape index (κ2) is 7.21. The van der Waals surface area contributed by atoms with Gasteiger partial charge in [-0.1, -0.05) is 23.7 Å². The topological polar surface area (TPSA) is 72.6 Å². The van der Waals surface area contributed by atoms with Gasteiger partial charge in [-0.25, -0.2) is 9.37 Å². The Labute approximate surface area is 180 Å². The maximum atomic E-state index is 13.8. The van der Waals surface area contributed by atoms with Crippen LogP contribution in [0, 0.1) is 5.82 Å². The number of carbonyl (C=O) groups is 1. The van der Waals surface area contributed by atoms with Crippen molar-refractivity contribution in [3.8, 4) is 5.75 Å². The van der Waals surface area contributed by atoms with Gasteiger partial charge in [0.2, 0.25) is 5.76 Å². The first kappa shape index (κ1) is 19.3. The molecule has 1 aliphatic heterocycles. The van der Waals surface area contributed by atoms with Crippen LogP contribution in [-0.2, 0) is 0 Å². The summed E-state index contributed by atoms with van der Waals surface area (Å²) in [5, 5.41) is 0.472. The summed E-state index contributed by atoms with van der Waals surface area (Å²) in [5.41, 5.74) is 0.442. The van der Waals surface area contributed by atoms with Gasteiger partial charge in [-0.05, 0) is 48.0 Å². The summed E-state index contributed by atoms with van der Waals surface area (Å²) in [4.78, 5) is 32.4. The van der Waals surface area contributed by atoms with Crippen molar-refractivity contribution in [1.29, 1.82) is 0 Å². The number of hydrogen-bond donors (Lipinski definition) is 0. The summed E-state index contributed by atoms with van der Waals surface area (Å²) in [6.07, 6.45) is 1.42. The molecule has 31 heavy (non-hydrogen) atoms. The summed E-state index contributed by atoms with van der Waals surface area (Å²) < 4.78 is 24.8. The van der Waals surface area contributed by atoms with E-state index in [2.05, 4.69) is 4.98 Å². The van der Waals surface area contributed by atoms with Crippen molar-refractivity contribution in [2.24, 2.45) is 0 Å². The van der Waals surface area contributed by atoms with Crippen LogP contribution in [0.5, 0.6) is 5.75 Å². The number of hydrogen-bond acceptors (Lipinski definition) is 5. The summed E-state index contributed by atoms with van der Waals surface area (Å²) in [7, 11) is 1.54. The van der Waals surface area contributed by atoms with Crippen molar-refractivity contribution < 1.29 is 18.3 Å². The fourth-order valence-electron chi connectivity index (χ4n) is 3.79. The molecule has 0 fully saturated rings. The lowest BCUT2D eigenvalue weighted by Gasteiger charge is -2.24. The highest BCUT2D eigenvalue weighted by Gasteiger charge is 2.44. The average Bonchev–Trinajstić information content (AvgIpc) is 3.07. The highest BCUT2D eigenvalue weighted by atomic mass is 35.5. The monoisotopic (exact) mass is 436 g/mol. The minimum absolute atomic E-state index is 0.0657. The van der Waals surface area contributed by atoms with E-state index in [1.807, 2.05) is 0 Å². The molecule has 0 N–H and O–H groups in total. The van der Waals surface area contributed by atoms with E-state index in [9.17, 15) is 14.0 Å². The Bertz CT molecular complexity index is 1380. The van der Waals surface area contributed by atoms with Gasteiger partial charge in [0.15, 0.2) is 5.43 Å². The van der Waals surface area contributed by atoms with E-state index in [0.717, 1.165) is 6.07 Å². The van der Waals surface area contributed by atoms with Gasteiger partial charge in [0.05, 0.1) is 29.1 Å². The van der Waals surface area contributed by atoms with Crippen molar-refractivity contribution in [2.45, 2.75) is 6.04 Å². The Morgan fingerprint density at radius 1 is 1.10 bits per heavy atom. The summed E-state index contributed by atoms with van der Waals surface area (Å²) >= 11 is 5.96. The number of halogens is 2. The summed E-state index contributed by atoms with van der Waals surface area (Å²) in [5.74, 6) is -0.259. The van der Waals surface area contributed by atoms with Crippen LogP contribution in [0.3, 0.4) is 0 Å². The number of fused-ring (bicyclic) bond motifs is 2. The van der Waals surface area contributed by atoms with E-state index in [0.29, 0.717) is 22.2 Å². The van der Waals surface area contributed by atoms with Gasteiger partial charge in [-0.3, -0.25) is 14.5 Å². The van der Waals surface area contributed by atoms with Crippen molar-refractivity contribution in [3.05, 3.63) is 98.7 Å². The molecule has 3 heterocycles. The molecule has 6 nitrogen and oxygen atoms in total. The van der Waals surface area contributed by atoms with E-state index < -0.39 is 23.2 Å². The zero-order chi connectivity index (χ0) is 21.7. The lowest BCUT2D eigenvalue weighted by molar-refractivity contribution is 0.0970. The number of methoxy groups -OCH3 is 1. The fraction of sp³-hybridized carbons (Fsp3) is 0.0870. The molecular formula is C23H14ClFN2O4. The molecule has 0 bridgehead atoms. The van der Waals surface area contributed by atoms with Gasteiger partial charge >= 0.3 is 0 Å². The first-order chi connectivity index (χ1) is 15.0. The molecule has 1 unspecified atom stereocenters. The molecule has 2 aromatic carbocycles. The zero-order valence-electron chi connectivity index (χ0n) is 16.1. The Hall–Kier alpha value is -3.71. The van der Waals surface area contributed by atoms with Gasteiger partial charge in [-0.15, -0.1) is 0 Å². The Balaban J connectivity index is 1.79. The van der Waals surface area contributed by atoms with Crippen molar-refractivity contribution in [3.63, 3.8) is 0 Å². The maximum Gasteiger partial charge on any atom is 0.296 e. The van der Waals surface area contributed by atoms with Crippen molar-refractivity contribution >= 4 is 34.3 Å². The van der Waals surface area contributed by atoms with Gasteiger partial charge in [-0.2, -0.15) is 0 Å². The second-order valence-corrected chi connectivity index (χ2v) is 7.44. The standard InChI is InChI=1S/C23H14ClFN2O4/c1-30-15-6-2-12(3-7-15)20-19-21(28)16-10-14(25)5-8-17(16)31-22(19)23(29)27(20)18-9-4-13(24)11-26-18/h2-11,20H,1H3. The number of nitrogens with zero attached hydrogens (tertiary/aromatic N) is 2. The smallest absolute Gasteiger partial charge is 0.296 e. The number of amides is 1. The molecule has 1 aliphatic rings. The first-order valence-electron chi connectivity index (χ1n) is 9.33. The van der Waals surface area contributed by atoms with Crippen molar-refractivity contribution in [2.75, 3.05) is 12.0 Å². The molecule has 0 radical (unpaired) electrons. The highest BCUT2D eigenvalue weighted by molar-refractivity contribution is 6.30. The van der Waals surface area contributed by atoms with Gasteiger partial charge < -0.3 is 9.15 Å². The molecule has 154 valence electrons. The minimum Gasteiger partial charge on any atom is -0.497 e. The molecule has 8 heteroatoms. The molecule has 1 atom stereocenters. The first-order valence-corrected chi connectivity index (χ1v) is 9.71. The van der Waals surface area contributed by atoms with E-state index >= 15 is 0 Å². The van der Waals surface area contributed by atoms with Crippen LogP contribution in [0.2, 0.25) is 5.02 Å². The molecule has 5 rings (SSSR count). The highest BCUT2D eigenvalue weighted by Crippen LogP contribution is 2.41. The minimum atomic E-state index is -0.814. The molecule has 2 aromatic heterocycles. The number of carbonyl (C=O) groups excluding carboxylic acids is 1. The van der Waals surface area contributed by atoms with E-state index in [4.69, 9.17) is 20.8 Å². The number of aromatic nitrogens is 1. The maximum absolute atomic E-state index is 13.8. The lowest BCUT2D eigenvalue weighted by atomic mass is 9.98. The predicted octanol–water partition coefficient (Wildman–Crippen LogP) is 4.74. The van der Waals surface area contributed by atoms with E-state index in [-0.39, 0.29) is 22.3 Å². The predicted molar refractivity (Wildman–Crippen MR) is 113 cm³/mol. The second-order valence-electron chi connectivity index (χ2n) is 7.00. The molecule has 0 saturated carbocycles. The molecule has 0 spiro atoms. The van der Waals surface area contributed by atoms with Crippen molar-refractivity contribution in [1.82, 2.24) is 4.98 Å². The zero-order valence-corrected chi connectivity index (χ0v) is 16.9. The number of benzene rings is 2. The lowest BCUT2D eigenvalue weighted by Crippen LogP contribution is -2.30. The average molecular weight is 437 g/mol. The Morgan fingerprint density at radius 2 is 1.87 bits per heavy atom. The summed E-state index contributed by atoms with van der Waals surface area (Å²) in [6.45, 7) is 0. The fourth-order valence-corrected chi connectivity index (χ4v) is 3.91. The van der Waals surface area contributed by atoms with E-state index in [1.54, 1.807) is 43.5 Å². The quantitative estimate of drug-likeness (QED) is 0.464. The molecule has 4 aromatic rings. The van der Waals surface area contributed by atoms with Crippen LogP contribution < -0.4 is 15.1 Å². The Kier molecular flexibility index (Phi) is 4.48. The normalized spacial score (nSPS) is 15.4. The van der Waals surface area contributed by atoms with Crippen LogP contribution >= 0.6 is 11.6 Å². The number of ether oxygens (including phenoxy) is 1. The third-order valence-electron chi connectivity index (χ3n) is 5.22. The van der Waals surface area contributed by atoms with Crippen LogP contribution in [0.1, 0.15) is 27.7 Å². The number of anilines is 1. The molecule has 0 aliphatic carbocycles. The summed E-state index contributed by atoms with van der Waals surface area (Å²) in [6, 6.07) is 13.0. The van der Waals surface area contributed by atoms with Crippen LogP contribution in [-0.4, -0.2) is 18.0 Å². The SMILES string of the molecule is COc1ccc(C2c3c(oc4ccc(F)cc4c3=O)C(=O)N2c2ccc(Cl)cn2)cc1. The van der Waals surface area contributed by atoms with Gasteiger partial charge in [0.25, 0.3) is 5.91 Å². The van der Waals surface area contributed by atoms with Gasteiger partial charge in [0, 0.05) is 6.20 Å². The van der Waals surface area contributed by atoms with E-state index in [1.165, 1.54) is 23.2 Å².